The van der Waals surface area contributed by atoms with Crippen LogP contribution >= 0.6 is 0 Å². The van der Waals surface area contributed by atoms with Crippen molar-refractivity contribution in [1.82, 2.24) is 0 Å². The number of carbonyl (C=O) groups excluding carboxylic acids is 1. The second-order valence-corrected chi connectivity index (χ2v) is 8.26. The molecule has 0 heterocycles. The summed E-state index contributed by atoms with van der Waals surface area (Å²) in [5.41, 5.74) is 0.483. The quantitative estimate of drug-likeness (QED) is 0.168. The Balaban J connectivity index is 1.72. The minimum atomic E-state index is -4.21. The summed E-state index contributed by atoms with van der Waals surface area (Å²) in [6, 6.07) is 18.4. The van der Waals surface area contributed by atoms with Crippen molar-refractivity contribution in [3.05, 3.63) is 94.0 Å². The molecular weight excluding hydrogens is 462 g/mol. The Kier molecular flexibility index (Phi) is 7.25. The van der Waals surface area contributed by atoms with Crippen molar-refractivity contribution in [3.8, 4) is 17.6 Å². The van der Waals surface area contributed by atoms with E-state index >= 15 is 0 Å². The Morgan fingerprint density at radius 1 is 1.06 bits per heavy atom. The van der Waals surface area contributed by atoms with Crippen LogP contribution in [0.4, 0.5) is 11.4 Å². The highest BCUT2D eigenvalue weighted by atomic mass is 32.2. The van der Waals surface area contributed by atoms with E-state index in [1.54, 1.807) is 24.3 Å². The molecule has 0 aromatic heterocycles. The maximum atomic E-state index is 12.4. The third-order valence-corrected chi connectivity index (χ3v) is 5.69. The smallest absolute Gasteiger partial charge is 0.339 e. The topological polar surface area (TPSA) is 149 Å². The van der Waals surface area contributed by atoms with Gasteiger partial charge in [-0.15, -0.1) is 0 Å². The van der Waals surface area contributed by atoms with E-state index in [1.807, 2.05) is 6.07 Å². The lowest BCUT2D eigenvalue weighted by atomic mass is 10.1. The molecule has 1 N–H and O–H groups in total. The number of hydrogen-bond acceptors (Lipinski definition) is 8. The van der Waals surface area contributed by atoms with Crippen LogP contribution in [0.5, 0.6) is 11.5 Å². The Bertz CT molecular complexity index is 1390. The Morgan fingerprint density at radius 3 is 2.32 bits per heavy atom. The van der Waals surface area contributed by atoms with Gasteiger partial charge in [0.05, 0.1) is 12.0 Å². The molecule has 0 atom stereocenters. The van der Waals surface area contributed by atoms with E-state index in [-0.39, 0.29) is 21.9 Å². The lowest BCUT2D eigenvalue weighted by Crippen LogP contribution is -2.13. The van der Waals surface area contributed by atoms with Crippen LogP contribution in [0.15, 0.2) is 83.3 Å². The largest absolute Gasteiger partial charge is 0.497 e. The summed E-state index contributed by atoms with van der Waals surface area (Å²) in [6.45, 7) is 0. The molecule has 3 aromatic rings. The van der Waals surface area contributed by atoms with Crippen LogP contribution in [-0.4, -0.2) is 26.4 Å². The molecule has 11 heteroatoms. The molecule has 172 valence electrons. The number of nitrogens with zero attached hydrogens (tertiary/aromatic N) is 2. The number of methoxy groups -OCH3 is 1. The number of nitrogens with one attached hydrogen (secondary N) is 1. The fraction of sp³-hybridized carbons (Fsp3) is 0.0435. The summed E-state index contributed by atoms with van der Waals surface area (Å²) in [7, 11) is -2.72. The molecule has 0 aliphatic carbocycles. The van der Waals surface area contributed by atoms with E-state index in [9.17, 15) is 28.6 Å². The van der Waals surface area contributed by atoms with E-state index in [0.717, 1.165) is 24.3 Å². The first-order chi connectivity index (χ1) is 16.2. The molecule has 0 bridgehead atoms. The summed E-state index contributed by atoms with van der Waals surface area (Å²) >= 11 is 0. The molecule has 0 aliphatic heterocycles. The maximum absolute atomic E-state index is 12.4. The van der Waals surface area contributed by atoms with Crippen LogP contribution in [0.3, 0.4) is 0 Å². The molecule has 0 fully saturated rings. The normalized spacial score (nSPS) is 11.2. The van der Waals surface area contributed by atoms with Gasteiger partial charge in [-0.2, -0.15) is 13.7 Å². The summed E-state index contributed by atoms with van der Waals surface area (Å²) in [6.07, 6.45) is 1.34. The van der Waals surface area contributed by atoms with Gasteiger partial charge in [0.1, 0.15) is 28.0 Å². The fourth-order valence-electron chi connectivity index (χ4n) is 2.74. The number of amides is 1. The molecule has 0 saturated heterocycles. The van der Waals surface area contributed by atoms with E-state index in [2.05, 4.69) is 5.32 Å². The van der Waals surface area contributed by atoms with Gasteiger partial charge in [0.15, 0.2) is 0 Å². The van der Waals surface area contributed by atoms with Gasteiger partial charge >= 0.3 is 10.1 Å². The number of ether oxygens (including phenoxy) is 1. The first kappa shape index (κ1) is 24.0. The molecule has 3 rings (SSSR count). The predicted octanol–water partition coefficient (Wildman–Crippen LogP) is 3.92. The minimum Gasteiger partial charge on any atom is -0.497 e. The molecule has 3 aromatic carbocycles. The molecule has 0 aliphatic rings. The first-order valence-corrected chi connectivity index (χ1v) is 11.0. The highest BCUT2D eigenvalue weighted by Crippen LogP contribution is 2.22. The van der Waals surface area contributed by atoms with Gasteiger partial charge in [-0.05, 0) is 48.0 Å². The highest BCUT2D eigenvalue weighted by Gasteiger charge is 2.18. The van der Waals surface area contributed by atoms with Gasteiger partial charge < -0.3 is 14.2 Å². The number of carbonyl (C=O) groups is 1. The average molecular weight is 479 g/mol. The molecule has 34 heavy (non-hydrogen) atoms. The summed E-state index contributed by atoms with van der Waals surface area (Å²) < 4.78 is 34.9. The van der Waals surface area contributed by atoms with Crippen LogP contribution in [0.1, 0.15) is 5.56 Å². The van der Waals surface area contributed by atoms with Gasteiger partial charge in [-0.25, -0.2) is 0 Å². The number of nitro groups is 1. The fourth-order valence-corrected chi connectivity index (χ4v) is 3.67. The zero-order chi connectivity index (χ0) is 24.7. The number of benzene rings is 3. The summed E-state index contributed by atoms with van der Waals surface area (Å²) in [5, 5.41) is 22.7. The zero-order valence-electron chi connectivity index (χ0n) is 17.7. The Hall–Kier alpha value is -4.69. The summed E-state index contributed by atoms with van der Waals surface area (Å²) in [4.78, 5) is 22.3. The van der Waals surface area contributed by atoms with Crippen LogP contribution < -0.4 is 14.2 Å². The van der Waals surface area contributed by atoms with Crippen LogP contribution in [0.25, 0.3) is 6.08 Å². The molecule has 0 saturated carbocycles. The average Bonchev–Trinajstić information content (AvgIpc) is 2.83. The number of non-ortho nitro benzene ring substituents is 1. The van der Waals surface area contributed by atoms with Gasteiger partial charge in [0.25, 0.3) is 11.6 Å². The Morgan fingerprint density at radius 2 is 1.74 bits per heavy atom. The van der Waals surface area contributed by atoms with Crippen molar-refractivity contribution in [3.63, 3.8) is 0 Å². The van der Waals surface area contributed by atoms with Crippen LogP contribution in [-0.2, 0) is 14.9 Å². The SMILES string of the molecule is COc1cccc(NC(=O)/C(C#N)=C/c2ccc(OS(=O)(=O)c3ccc([N+](=O)[O-])cc3)cc2)c1. The molecular formula is C23H17N3O7S. The van der Waals surface area contributed by atoms with Crippen molar-refractivity contribution in [1.29, 1.82) is 5.26 Å². The van der Waals surface area contributed by atoms with Gasteiger partial charge in [-0.1, -0.05) is 18.2 Å². The van der Waals surface area contributed by atoms with Gasteiger partial charge in [0, 0.05) is 23.9 Å². The van der Waals surface area contributed by atoms with Crippen LogP contribution in [0.2, 0.25) is 0 Å². The predicted molar refractivity (Wildman–Crippen MR) is 123 cm³/mol. The minimum absolute atomic E-state index is 0.0187. The van der Waals surface area contributed by atoms with Crippen LogP contribution in [0, 0.1) is 21.4 Å². The third-order valence-electron chi connectivity index (χ3n) is 4.43. The maximum Gasteiger partial charge on any atom is 0.339 e. The summed E-state index contributed by atoms with van der Waals surface area (Å²) in [5.74, 6) is -0.105. The standard InChI is InChI=1S/C23H17N3O7S/c1-32-21-4-2-3-18(14-21)25-23(27)17(15-24)13-16-5-9-20(10-6-16)33-34(30,31)22-11-7-19(8-12-22)26(28)29/h2-14H,1H3,(H,25,27)/b17-13+. The lowest BCUT2D eigenvalue weighted by Gasteiger charge is -2.08. The van der Waals surface area contributed by atoms with Crippen molar-refractivity contribution >= 4 is 33.5 Å². The van der Waals surface area contributed by atoms with E-state index in [1.165, 1.54) is 37.5 Å². The Labute approximate surface area is 194 Å². The van der Waals surface area contributed by atoms with Crippen molar-refractivity contribution < 1.29 is 27.1 Å². The second kappa shape index (κ2) is 10.3. The number of hydrogen-bond donors (Lipinski definition) is 1. The molecule has 10 nitrogen and oxygen atoms in total. The van der Waals surface area contributed by atoms with Crippen molar-refractivity contribution in [2.24, 2.45) is 0 Å². The van der Waals surface area contributed by atoms with E-state index in [4.69, 9.17) is 8.92 Å². The number of rotatable bonds is 8. The molecule has 0 radical (unpaired) electrons. The number of nitro benzene ring substituents is 1. The number of anilines is 1. The van der Waals surface area contributed by atoms with Crippen molar-refractivity contribution in [2.75, 3.05) is 12.4 Å². The first-order valence-electron chi connectivity index (χ1n) is 9.58. The molecule has 1 amide bonds. The monoisotopic (exact) mass is 479 g/mol. The number of nitriles is 1. The third kappa shape index (κ3) is 5.96. The van der Waals surface area contributed by atoms with E-state index < -0.39 is 20.9 Å². The van der Waals surface area contributed by atoms with Gasteiger partial charge in [0.2, 0.25) is 0 Å². The van der Waals surface area contributed by atoms with E-state index in [0.29, 0.717) is 17.0 Å². The highest BCUT2D eigenvalue weighted by molar-refractivity contribution is 7.87. The van der Waals surface area contributed by atoms with Crippen molar-refractivity contribution in [2.45, 2.75) is 4.90 Å². The molecule has 0 spiro atoms. The molecule has 0 unspecified atom stereocenters. The second-order valence-electron chi connectivity index (χ2n) is 6.71. The van der Waals surface area contributed by atoms with Gasteiger partial charge in [-0.3, -0.25) is 14.9 Å². The lowest BCUT2D eigenvalue weighted by molar-refractivity contribution is -0.384. The zero-order valence-corrected chi connectivity index (χ0v) is 18.5.